The third-order valence-electron chi connectivity index (χ3n) is 0.152. The second-order valence-electron chi connectivity index (χ2n) is 0.749. The molecule has 0 aromatic rings. The maximum absolute atomic E-state index is 10.4. The molecular formula is C2H2F4. The monoisotopic (exact) mass is 98.0 g/mol. The van der Waals surface area contributed by atoms with Crippen molar-refractivity contribution in [1.82, 2.24) is 0 Å². The quantitative estimate of drug-likeness (QED) is 0.403. The Morgan fingerprint density at radius 1 is 1.17 bits per heavy atom. The number of hydrogen-bond acceptors (Lipinski definition) is 0. The average Bonchev–Trinajstić information content (AvgIpc) is 1.35. The Bertz CT molecular complexity index is 35.3. The Kier molecular flexibility index (Phi) is 1.38. The van der Waals surface area contributed by atoms with E-state index < -0.39 is 12.9 Å². The first-order valence-electron chi connectivity index (χ1n) is 1.19. The summed E-state index contributed by atoms with van der Waals surface area (Å²) < 4.78 is 41.6. The minimum Gasteiger partial charge on any atom is -0.241 e. The maximum Gasteiger partial charge on any atom is 0.416 e. The molecule has 0 aromatic heterocycles. The molecule has 0 saturated carbocycles. The zero-order valence-corrected chi connectivity index (χ0v) is 2.72. The van der Waals surface area contributed by atoms with Crippen LogP contribution in [0.15, 0.2) is 0 Å². The van der Waals surface area contributed by atoms with Crippen LogP contribution < -0.4 is 0 Å². The van der Waals surface area contributed by atoms with Crippen molar-refractivity contribution >= 4 is 0 Å². The van der Waals surface area contributed by atoms with Gasteiger partial charge >= 0.3 is 6.18 Å². The topological polar surface area (TPSA) is 0 Å². The van der Waals surface area contributed by atoms with Crippen molar-refractivity contribution in [2.75, 3.05) is 6.67 Å². The smallest absolute Gasteiger partial charge is 0.241 e. The largest absolute Gasteiger partial charge is 0.416 e. The Labute approximate surface area is 31.8 Å². The van der Waals surface area contributed by atoms with E-state index in [0.717, 1.165) is 0 Å². The van der Waals surface area contributed by atoms with Gasteiger partial charge < -0.3 is 0 Å². The van der Waals surface area contributed by atoms with Crippen LogP contribution in [0, 0.1) is 0 Å². The van der Waals surface area contributed by atoms with Gasteiger partial charge in [0.2, 0.25) is 0 Å². The minimum absolute atomic E-state index is 2.23. The van der Waals surface area contributed by atoms with Gasteiger partial charge in [0.05, 0.1) is 0 Å². The molecule has 0 heterocycles. The molecule has 0 unspecified atom stereocenters. The molecule has 0 saturated heterocycles. The van der Waals surface area contributed by atoms with Crippen molar-refractivity contribution in [2.24, 2.45) is 0 Å². The summed E-state index contributed by atoms with van der Waals surface area (Å²) >= 11 is 0. The van der Waals surface area contributed by atoms with Crippen LogP contribution in [-0.4, -0.2) is 12.9 Å². The van der Waals surface area contributed by atoms with E-state index >= 15 is 0 Å². The van der Waals surface area contributed by atoms with Gasteiger partial charge in [-0.2, -0.15) is 13.2 Å². The first-order valence-corrected chi connectivity index (χ1v) is 1.19. The van der Waals surface area contributed by atoms with Crippen LogP contribution in [0.4, 0.5) is 17.6 Å². The van der Waals surface area contributed by atoms with Gasteiger partial charge in [-0.05, 0) is 0 Å². The first kappa shape index (κ1) is 5.72. The Morgan fingerprint density at radius 3 is 1.33 bits per heavy atom. The summed E-state index contributed by atoms with van der Waals surface area (Å²) in [7, 11) is 0. The van der Waals surface area contributed by atoms with E-state index in [9.17, 15) is 17.6 Å². The van der Waals surface area contributed by atoms with E-state index in [-0.39, 0.29) is 0 Å². The van der Waals surface area contributed by atoms with E-state index in [1.165, 1.54) is 0 Å². The number of alkyl halides is 4. The Hall–Kier alpha value is -0.280. The van der Waals surface area contributed by atoms with E-state index in [0.29, 0.717) is 0 Å². The lowest BCUT2D eigenvalue weighted by Crippen LogP contribution is -2.08. The first-order chi connectivity index (χ1) is 2.56. The molecule has 6 heavy (non-hydrogen) atoms. The lowest BCUT2D eigenvalue weighted by Gasteiger charge is -1.93. The lowest BCUT2D eigenvalue weighted by atomic mass is 10.7. The van der Waals surface area contributed by atoms with Crippen molar-refractivity contribution < 1.29 is 17.6 Å². The fourth-order valence-corrected chi connectivity index (χ4v) is 0. The summed E-state index contributed by atoms with van der Waals surface area (Å²) in [5.41, 5.74) is 0. The standard InChI is InChI=1S/C2H2F4/c3-1-2(4,5)6/h1H2/i3-1,4-1,5-1,6-1. The normalized spacial score (nSPS) is 12.0. The second kappa shape index (κ2) is 1.45. The van der Waals surface area contributed by atoms with E-state index in [2.05, 4.69) is 0 Å². The van der Waals surface area contributed by atoms with Crippen molar-refractivity contribution in [1.29, 1.82) is 0 Å². The Balaban J connectivity index is 3.17. The molecule has 0 N–H and O–H groups in total. The van der Waals surface area contributed by atoms with Crippen LogP contribution in [-0.2, 0) is 0 Å². The molecule has 0 aromatic carbocycles. The second-order valence-corrected chi connectivity index (χ2v) is 0.749. The van der Waals surface area contributed by atoms with Crippen molar-refractivity contribution in [3.63, 3.8) is 0 Å². The number of halogens is 4. The van der Waals surface area contributed by atoms with Crippen LogP contribution in [0.25, 0.3) is 0 Å². The Morgan fingerprint density at radius 2 is 1.33 bits per heavy atom. The molecule has 38 valence electrons. The lowest BCUT2D eigenvalue weighted by molar-refractivity contribution is -0.142. The van der Waals surface area contributed by atoms with Crippen LogP contribution in [0.5, 0.6) is 0 Å². The molecule has 0 rings (SSSR count). The fraction of sp³-hybridized carbons (Fsp3) is 1.00. The number of hydrogen-bond donors (Lipinski definition) is 0. The van der Waals surface area contributed by atoms with Gasteiger partial charge in [0.25, 0.3) is 0 Å². The maximum atomic E-state index is 10.4. The van der Waals surface area contributed by atoms with Gasteiger partial charge in [-0.25, -0.2) is 4.39 Å². The molecule has 0 amide bonds. The summed E-state index contributed by atoms with van der Waals surface area (Å²) in [4.78, 5) is 0. The highest BCUT2D eigenvalue weighted by molar-refractivity contribution is 4.39. The molecule has 0 aliphatic carbocycles. The molecule has 0 radical (unpaired) electrons. The summed E-state index contributed by atoms with van der Waals surface area (Å²) in [6, 6.07) is 0. The van der Waals surface area contributed by atoms with Gasteiger partial charge in [0.1, 0.15) is 0 Å². The summed E-state index contributed by atoms with van der Waals surface area (Å²) in [5.74, 6) is 0. The predicted molar refractivity (Wildman–Crippen MR) is 12.0 cm³/mol. The van der Waals surface area contributed by atoms with Crippen molar-refractivity contribution in [2.45, 2.75) is 6.18 Å². The van der Waals surface area contributed by atoms with Crippen molar-refractivity contribution in [3.05, 3.63) is 0 Å². The SMILES string of the molecule is [18F]CC([18F])([18F])[18F]. The third kappa shape index (κ3) is 3.72. The van der Waals surface area contributed by atoms with E-state index in [1.807, 2.05) is 0 Å². The predicted octanol–water partition coefficient (Wildman–Crippen LogP) is 1.52. The van der Waals surface area contributed by atoms with E-state index in [4.69, 9.17) is 0 Å². The zero-order valence-electron chi connectivity index (χ0n) is 2.72. The average molecular weight is 98.0 g/mol. The highest BCUT2D eigenvalue weighted by Crippen LogP contribution is 2.13. The van der Waals surface area contributed by atoms with Crippen LogP contribution >= 0.6 is 0 Å². The molecule has 0 aliphatic rings. The van der Waals surface area contributed by atoms with Crippen molar-refractivity contribution in [3.8, 4) is 0 Å². The van der Waals surface area contributed by atoms with Crippen LogP contribution in [0.1, 0.15) is 0 Å². The van der Waals surface area contributed by atoms with Gasteiger partial charge in [0, 0.05) is 0 Å². The van der Waals surface area contributed by atoms with Gasteiger partial charge in [-0.3, -0.25) is 0 Å². The molecule has 0 spiro atoms. The van der Waals surface area contributed by atoms with Crippen LogP contribution in [0.3, 0.4) is 0 Å². The van der Waals surface area contributed by atoms with E-state index in [1.54, 1.807) is 0 Å². The van der Waals surface area contributed by atoms with Gasteiger partial charge in [-0.1, -0.05) is 0 Å². The summed E-state index contributed by atoms with van der Waals surface area (Å²) in [6.07, 6.45) is -4.62. The number of rotatable bonds is 0. The molecule has 0 nitrogen and oxygen atoms in total. The highest BCUT2D eigenvalue weighted by atomic mass is 18.5. The third-order valence-corrected chi connectivity index (χ3v) is 0.152. The summed E-state index contributed by atoms with van der Waals surface area (Å²) in [5, 5.41) is 0. The minimum atomic E-state index is -4.62. The van der Waals surface area contributed by atoms with Crippen LogP contribution in [0.2, 0.25) is 0 Å². The summed E-state index contributed by atoms with van der Waals surface area (Å²) in [6.45, 7) is -2.23. The molecule has 0 aliphatic heterocycles. The van der Waals surface area contributed by atoms with Gasteiger partial charge in [0.15, 0.2) is 6.67 Å². The molecule has 4 heteroatoms. The molecular weight excluding hydrogens is 96.0 g/mol. The highest BCUT2D eigenvalue weighted by Gasteiger charge is 2.26. The van der Waals surface area contributed by atoms with Gasteiger partial charge in [-0.15, -0.1) is 0 Å². The zero-order chi connectivity index (χ0) is 5.21. The molecule has 0 fully saturated rings. The molecule has 0 atom stereocenters. The fourth-order valence-electron chi connectivity index (χ4n) is 0. The molecule has 0 bridgehead atoms.